The molecule has 6 rings (SSSR count). The van der Waals surface area contributed by atoms with Crippen molar-refractivity contribution in [1.82, 2.24) is 14.9 Å². The van der Waals surface area contributed by atoms with Crippen molar-refractivity contribution in [3.63, 3.8) is 0 Å². The van der Waals surface area contributed by atoms with Crippen molar-refractivity contribution in [2.45, 2.75) is 37.8 Å². The number of carbonyl (C=O) groups is 2. The highest BCUT2D eigenvalue weighted by Gasteiger charge is 2.42. The Labute approximate surface area is 263 Å². The third-order valence-corrected chi connectivity index (χ3v) is 8.60. The number of Topliss-reactive ketones (excluding diaryl/α,β-unsaturated/α-hetero) is 1. The van der Waals surface area contributed by atoms with E-state index in [9.17, 15) is 27.2 Å². The van der Waals surface area contributed by atoms with Crippen LogP contribution in [0.1, 0.15) is 51.7 Å². The van der Waals surface area contributed by atoms with Crippen LogP contribution < -0.4 is 9.80 Å². The molecule has 0 bridgehead atoms. The highest BCUT2D eigenvalue weighted by Crippen LogP contribution is 2.35. The number of ketones is 1. The Bertz CT molecular complexity index is 1660. The van der Waals surface area contributed by atoms with E-state index < -0.39 is 29.2 Å². The van der Waals surface area contributed by atoms with E-state index in [4.69, 9.17) is 4.42 Å². The third-order valence-electron chi connectivity index (χ3n) is 8.60. The first-order valence-electron chi connectivity index (χ1n) is 15.3. The summed E-state index contributed by atoms with van der Waals surface area (Å²) in [5.74, 6) is -1.24. The van der Waals surface area contributed by atoms with E-state index in [1.165, 1.54) is 39.8 Å². The van der Waals surface area contributed by atoms with Gasteiger partial charge in [0.2, 0.25) is 17.5 Å². The largest absolute Gasteiger partial charge is 0.437 e. The summed E-state index contributed by atoms with van der Waals surface area (Å²) in [5.41, 5.74) is 0.679. The molecule has 0 aliphatic carbocycles. The maximum Gasteiger partial charge on any atom is 0.437 e. The summed E-state index contributed by atoms with van der Waals surface area (Å²) in [5, 5.41) is 0. The van der Waals surface area contributed by atoms with E-state index >= 15 is 0 Å². The Kier molecular flexibility index (Phi) is 9.05. The van der Waals surface area contributed by atoms with Crippen LogP contribution in [-0.4, -0.2) is 65.8 Å². The molecule has 0 unspecified atom stereocenters. The van der Waals surface area contributed by atoms with Crippen molar-refractivity contribution in [1.29, 1.82) is 0 Å². The molecular weight excluding hydrogens is 602 g/mol. The zero-order valence-electron chi connectivity index (χ0n) is 25.0. The Hall–Kier alpha value is -4.74. The molecule has 0 spiro atoms. The Morgan fingerprint density at radius 2 is 1.52 bits per heavy atom. The number of pyridine rings is 1. The zero-order chi connectivity index (χ0) is 32.3. The number of nitrogens with zero attached hydrogens (tertiary/aromatic N) is 5. The topological polar surface area (TPSA) is 82.8 Å². The maximum absolute atomic E-state index is 14.0. The molecule has 1 amide bonds. The third kappa shape index (κ3) is 7.05. The number of amides is 1. The zero-order valence-corrected chi connectivity index (χ0v) is 25.0. The predicted molar refractivity (Wildman–Crippen MR) is 163 cm³/mol. The van der Waals surface area contributed by atoms with Gasteiger partial charge in [-0.05, 0) is 47.6 Å². The van der Waals surface area contributed by atoms with E-state index in [1.54, 1.807) is 18.2 Å². The number of benzene rings is 2. The summed E-state index contributed by atoms with van der Waals surface area (Å²) in [4.78, 5) is 39.1. The second kappa shape index (κ2) is 13.3. The fourth-order valence-electron chi connectivity index (χ4n) is 6.03. The van der Waals surface area contributed by atoms with Gasteiger partial charge in [0.05, 0.1) is 6.42 Å². The molecule has 2 aromatic carbocycles. The van der Waals surface area contributed by atoms with Crippen LogP contribution in [-0.2, 0) is 23.8 Å². The number of hydrogen-bond donors (Lipinski definition) is 0. The summed E-state index contributed by atoms with van der Waals surface area (Å²) >= 11 is 0. The van der Waals surface area contributed by atoms with Gasteiger partial charge in [-0.15, -0.1) is 0 Å². The Morgan fingerprint density at radius 1 is 0.826 bits per heavy atom. The average Bonchev–Trinajstić information content (AvgIpc) is 3.54. The van der Waals surface area contributed by atoms with Crippen molar-refractivity contribution in [3.8, 4) is 0 Å². The van der Waals surface area contributed by atoms with Gasteiger partial charge in [0.1, 0.15) is 11.6 Å². The first-order valence-corrected chi connectivity index (χ1v) is 15.3. The number of alkyl halides is 3. The van der Waals surface area contributed by atoms with Gasteiger partial charge in [0.25, 0.3) is 6.01 Å². The highest BCUT2D eigenvalue weighted by atomic mass is 19.4. The number of halogens is 4. The van der Waals surface area contributed by atoms with Gasteiger partial charge in [-0.1, -0.05) is 54.6 Å². The van der Waals surface area contributed by atoms with Crippen molar-refractivity contribution in [3.05, 3.63) is 107 Å². The number of piperazine rings is 1. The molecule has 0 atom stereocenters. The van der Waals surface area contributed by atoms with E-state index in [1.807, 2.05) is 18.2 Å². The molecule has 2 fully saturated rings. The quantitative estimate of drug-likeness (QED) is 0.175. The van der Waals surface area contributed by atoms with Gasteiger partial charge in [-0.25, -0.2) is 9.37 Å². The summed E-state index contributed by atoms with van der Waals surface area (Å²) in [6, 6.07) is 19.5. The van der Waals surface area contributed by atoms with E-state index in [0.717, 1.165) is 31.7 Å². The van der Waals surface area contributed by atoms with Gasteiger partial charge >= 0.3 is 6.18 Å². The normalized spacial score (nSPS) is 16.1. The maximum atomic E-state index is 14.0. The minimum absolute atomic E-state index is 0.120. The molecule has 8 nitrogen and oxygen atoms in total. The van der Waals surface area contributed by atoms with Crippen molar-refractivity contribution in [2.75, 3.05) is 49.1 Å². The number of oxazole rings is 1. The highest BCUT2D eigenvalue weighted by molar-refractivity contribution is 5.96. The monoisotopic (exact) mass is 635 g/mol. The summed E-state index contributed by atoms with van der Waals surface area (Å²) < 4.78 is 61.2. The smallest absolute Gasteiger partial charge is 0.420 e. The standard InChI is InChI=1S/C34H33F4N5O3/c35-27-9-5-4-8-26(27)21-30(45)42-16-18-43(19-17-42)33-40-32(34(36,37)38)31(46-33)28(44)20-23-10-11-29(39-22-23)41-14-12-25(13-15-41)24-6-2-1-3-7-24/h1-11,22,25H,12-21H2. The van der Waals surface area contributed by atoms with Crippen molar-refractivity contribution >= 4 is 23.5 Å². The van der Waals surface area contributed by atoms with Crippen LogP contribution in [0.5, 0.6) is 0 Å². The SMILES string of the molecule is O=C(Cc1ccc(N2CCC(c3ccccc3)CC2)nc1)c1oc(N2CCN(C(=O)Cc3ccccc3F)CC2)nc1C(F)(F)F. The molecule has 0 radical (unpaired) electrons. The average molecular weight is 636 g/mol. The Morgan fingerprint density at radius 3 is 2.17 bits per heavy atom. The molecule has 2 aliphatic heterocycles. The molecule has 0 N–H and O–H groups in total. The number of carbonyl (C=O) groups excluding carboxylic acids is 2. The van der Waals surface area contributed by atoms with Gasteiger partial charge < -0.3 is 19.1 Å². The van der Waals surface area contributed by atoms with Gasteiger partial charge in [-0.2, -0.15) is 18.2 Å². The first kappa shape index (κ1) is 31.3. The minimum Gasteiger partial charge on any atom is -0.420 e. The first-order chi connectivity index (χ1) is 22.2. The lowest BCUT2D eigenvalue weighted by Gasteiger charge is -2.34. The fraction of sp³-hybridized carbons (Fsp3) is 0.353. The van der Waals surface area contributed by atoms with Crippen LogP contribution in [0.15, 0.2) is 77.3 Å². The molecule has 12 heteroatoms. The van der Waals surface area contributed by atoms with Crippen LogP contribution >= 0.6 is 0 Å². The number of hydrogen-bond acceptors (Lipinski definition) is 7. The molecule has 2 saturated heterocycles. The molecule has 4 heterocycles. The van der Waals surface area contributed by atoms with Crippen LogP contribution in [0.4, 0.5) is 29.4 Å². The fourth-order valence-corrected chi connectivity index (χ4v) is 6.03. The van der Waals surface area contributed by atoms with Crippen LogP contribution in [0.25, 0.3) is 0 Å². The molecule has 46 heavy (non-hydrogen) atoms. The number of piperidine rings is 1. The van der Waals surface area contributed by atoms with E-state index in [0.29, 0.717) is 11.5 Å². The van der Waals surface area contributed by atoms with E-state index in [2.05, 4.69) is 27.0 Å². The lowest BCUT2D eigenvalue weighted by atomic mass is 9.89. The molecule has 2 aliphatic rings. The van der Waals surface area contributed by atoms with Gasteiger partial charge in [0.15, 0.2) is 5.69 Å². The summed E-state index contributed by atoms with van der Waals surface area (Å²) in [6.07, 6.45) is -1.88. The summed E-state index contributed by atoms with van der Waals surface area (Å²) in [6.45, 7) is 2.30. The number of anilines is 2. The van der Waals surface area contributed by atoms with Crippen molar-refractivity contribution in [2.24, 2.45) is 0 Å². The second-order valence-corrected chi connectivity index (χ2v) is 11.6. The second-order valence-electron chi connectivity index (χ2n) is 11.6. The van der Waals surface area contributed by atoms with Crippen molar-refractivity contribution < 1.29 is 31.6 Å². The predicted octanol–water partition coefficient (Wildman–Crippen LogP) is 5.93. The Balaban J connectivity index is 1.07. The molecule has 2 aromatic heterocycles. The van der Waals surface area contributed by atoms with Crippen LogP contribution in [0, 0.1) is 5.82 Å². The molecule has 240 valence electrons. The van der Waals surface area contributed by atoms with Gasteiger partial charge in [0, 0.05) is 51.9 Å². The molecule has 0 saturated carbocycles. The van der Waals surface area contributed by atoms with E-state index in [-0.39, 0.29) is 56.5 Å². The van der Waals surface area contributed by atoms with Crippen LogP contribution in [0.2, 0.25) is 0 Å². The lowest BCUT2D eigenvalue weighted by Crippen LogP contribution is -2.49. The molecular formula is C34H33F4N5O3. The minimum atomic E-state index is -4.90. The number of aromatic nitrogens is 2. The number of rotatable bonds is 8. The van der Waals surface area contributed by atoms with Crippen LogP contribution in [0.3, 0.4) is 0 Å². The molecule has 4 aromatic rings. The lowest BCUT2D eigenvalue weighted by molar-refractivity contribution is -0.141. The van der Waals surface area contributed by atoms with Gasteiger partial charge in [-0.3, -0.25) is 9.59 Å². The summed E-state index contributed by atoms with van der Waals surface area (Å²) in [7, 11) is 0.